The fourth-order valence-corrected chi connectivity index (χ4v) is 2.82. The molecule has 1 aromatic rings. The third kappa shape index (κ3) is 4.50. The van der Waals surface area contributed by atoms with Crippen molar-refractivity contribution in [3.05, 3.63) is 29.8 Å². The Morgan fingerprint density at radius 3 is 2.35 bits per heavy atom. The normalized spacial score (nSPS) is 17.8. The number of hydrogen-bond acceptors (Lipinski definition) is 3. The van der Waals surface area contributed by atoms with Crippen LogP contribution in [-0.4, -0.2) is 31.3 Å². The summed E-state index contributed by atoms with van der Waals surface area (Å²) in [5.41, 5.74) is 2.68. The highest BCUT2D eigenvalue weighted by atomic mass is 16.3. The molecule has 0 spiro atoms. The second-order valence-corrected chi connectivity index (χ2v) is 5.75. The van der Waals surface area contributed by atoms with Gasteiger partial charge < -0.3 is 15.3 Å². The van der Waals surface area contributed by atoms with Crippen molar-refractivity contribution in [2.24, 2.45) is 0 Å². The molecule has 1 fully saturated rings. The molecule has 0 aliphatic carbocycles. The molecule has 2 N–H and O–H groups in total. The van der Waals surface area contributed by atoms with Crippen molar-refractivity contribution in [1.82, 2.24) is 5.32 Å². The van der Waals surface area contributed by atoms with E-state index in [1.54, 1.807) is 0 Å². The summed E-state index contributed by atoms with van der Waals surface area (Å²) in [4.78, 5) is 2.51. The van der Waals surface area contributed by atoms with Crippen LogP contribution in [-0.2, 0) is 0 Å². The van der Waals surface area contributed by atoms with Gasteiger partial charge in [0.05, 0.1) is 0 Å². The molecular formula is C17H28N2O. The van der Waals surface area contributed by atoms with E-state index in [1.165, 1.54) is 50.0 Å². The largest absolute Gasteiger partial charge is 0.396 e. The molecule has 0 aromatic heterocycles. The summed E-state index contributed by atoms with van der Waals surface area (Å²) < 4.78 is 0. The van der Waals surface area contributed by atoms with E-state index >= 15 is 0 Å². The SMILES string of the molecule is CC(NCCCO)c1ccc(N2CCCCCC2)cc1. The summed E-state index contributed by atoms with van der Waals surface area (Å²) in [5, 5.41) is 12.2. The van der Waals surface area contributed by atoms with E-state index in [2.05, 4.69) is 41.4 Å². The highest BCUT2D eigenvalue weighted by Gasteiger charge is 2.10. The van der Waals surface area contributed by atoms with Crippen LogP contribution in [0.3, 0.4) is 0 Å². The van der Waals surface area contributed by atoms with E-state index in [1.807, 2.05) is 0 Å². The first kappa shape index (κ1) is 15.3. The molecule has 1 aromatic carbocycles. The molecule has 0 saturated carbocycles. The first-order chi connectivity index (χ1) is 9.81. The Bertz CT molecular complexity index is 369. The molecule has 1 heterocycles. The Morgan fingerprint density at radius 2 is 1.75 bits per heavy atom. The molecule has 3 nitrogen and oxygen atoms in total. The molecule has 0 bridgehead atoms. The number of benzene rings is 1. The number of aliphatic hydroxyl groups excluding tert-OH is 1. The molecule has 2 rings (SSSR count). The first-order valence-electron chi connectivity index (χ1n) is 8.00. The van der Waals surface area contributed by atoms with Crippen LogP contribution < -0.4 is 10.2 Å². The van der Waals surface area contributed by atoms with Gasteiger partial charge in [0, 0.05) is 31.4 Å². The number of aliphatic hydroxyl groups is 1. The number of hydrogen-bond donors (Lipinski definition) is 2. The van der Waals surface area contributed by atoms with E-state index in [0.717, 1.165) is 13.0 Å². The van der Waals surface area contributed by atoms with Gasteiger partial charge in [-0.1, -0.05) is 25.0 Å². The maximum atomic E-state index is 8.81. The van der Waals surface area contributed by atoms with Gasteiger partial charge in [-0.25, -0.2) is 0 Å². The minimum atomic E-state index is 0.258. The van der Waals surface area contributed by atoms with Gasteiger partial charge in [0.1, 0.15) is 0 Å². The van der Waals surface area contributed by atoms with Crippen LogP contribution in [0, 0.1) is 0 Å². The third-order valence-corrected chi connectivity index (χ3v) is 4.15. The minimum absolute atomic E-state index is 0.258. The van der Waals surface area contributed by atoms with Crippen molar-refractivity contribution < 1.29 is 5.11 Å². The van der Waals surface area contributed by atoms with Crippen molar-refractivity contribution in [2.45, 2.75) is 45.1 Å². The standard InChI is InChI=1S/C17H28N2O/c1-15(18-11-6-14-20)16-7-9-17(10-8-16)19-12-4-2-3-5-13-19/h7-10,15,18,20H,2-6,11-14H2,1H3. The van der Waals surface area contributed by atoms with Crippen molar-refractivity contribution in [2.75, 3.05) is 31.1 Å². The number of nitrogens with one attached hydrogen (secondary N) is 1. The van der Waals surface area contributed by atoms with E-state index < -0.39 is 0 Å². The van der Waals surface area contributed by atoms with Crippen LogP contribution in [0.5, 0.6) is 0 Å². The minimum Gasteiger partial charge on any atom is -0.396 e. The van der Waals surface area contributed by atoms with Crippen LogP contribution in [0.1, 0.15) is 50.6 Å². The Hall–Kier alpha value is -1.06. The zero-order chi connectivity index (χ0) is 14.2. The van der Waals surface area contributed by atoms with Crippen LogP contribution >= 0.6 is 0 Å². The molecule has 1 unspecified atom stereocenters. The molecule has 112 valence electrons. The second kappa shape index (κ2) is 8.28. The van der Waals surface area contributed by atoms with Gasteiger partial charge in [0.25, 0.3) is 0 Å². The highest BCUT2D eigenvalue weighted by molar-refractivity contribution is 5.48. The predicted molar refractivity (Wildman–Crippen MR) is 85.2 cm³/mol. The van der Waals surface area contributed by atoms with Crippen molar-refractivity contribution in [3.63, 3.8) is 0 Å². The van der Waals surface area contributed by atoms with Gasteiger partial charge in [-0.15, -0.1) is 0 Å². The van der Waals surface area contributed by atoms with Gasteiger partial charge >= 0.3 is 0 Å². The number of nitrogens with zero attached hydrogens (tertiary/aromatic N) is 1. The molecule has 0 radical (unpaired) electrons. The first-order valence-corrected chi connectivity index (χ1v) is 8.00. The van der Waals surface area contributed by atoms with Gasteiger partial charge in [0.15, 0.2) is 0 Å². The quantitative estimate of drug-likeness (QED) is 0.784. The van der Waals surface area contributed by atoms with Crippen LogP contribution in [0.15, 0.2) is 24.3 Å². The van der Waals surface area contributed by atoms with Crippen LogP contribution in [0.2, 0.25) is 0 Å². The molecule has 1 aliphatic heterocycles. The molecule has 0 amide bonds. The summed E-state index contributed by atoms with van der Waals surface area (Å²) in [6, 6.07) is 9.32. The fourth-order valence-electron chi connectivity index (χ4n) is 2.82. The molecule has 1 aliphatic rings. The predicted octanol–water partition coefficient (Wildman–Crippen LogP) is 3.10. The average molecular weight is 276 g/mol. The van der Waals surface area contributed by atoms with Gasteiger partial charge in [-0.3, -0.25) is 0 Å². The van der Waals surface area contributed by atoms with E-state index in [-0.39, 0.29) is 6.61 Å². The average Bonchev–Trinajstić information content (AvgIpc) is 2.77. The van der Waals surface area contributed by atoms with E-state index in [4.69, 9.17) is 5.11 Å². The summed E-state index contributed by atoms with van der Waals surface area (Å²) >= 11 is 0. The van der Waals surface area contributed by atoms with Gasteiger partial charge in [-0.05, 0) is 50.4 Å². The summed E-state index contributed by atoms with van der Waals surface area (Å²) in [6.07, 6.45) is 6.21. The van der Waals surface area contributed by atoms with Gasteiger partial charge in [-0.2, -0.15) is 0 Å². The topological polar surface area (TPSA) is 35.5 Å². The monoisotopic (exact) mass is 276 g/mol. The Balaban J connectivity index is 1.91. The summed E-state index contributed by atoms with van der Waals surface area (Å²) in [5.74, 6) is 0. The lowest BCUT2D eigenvalue weighted by atomic mass is 10.1. The lowest BCUT2D eigenvalue weighted by Gasteiger charge is -2.23. The lowest BCUT2D eigenvalue weighted by molar-refractivity contribution is 0.284. The van der Waals surface area contributed by atoms with E-state index in [9.17, 15) is 0 Å². The summed E-state index contributed by atoms with van der Waals surface area (Å²) in [7, 11) is 0. The fraction of sp³-hybridized carbons (Fsp3) is 0.647. The Morgan fingerprint density at radius 1 is 1.10 bits per heavy atom. The van der Waals surface area contributed by atoms with Crippen molar-refractivity contribution >= 4 is 5.69 Å². The number of rotatable bonds is 6. The number of anilines is 1. The highest BCUT2D eigenvalue weighted by Crippen LogP contribution is 2.22. The van der Waals surface area contributed by atoms with Gasteiger partial charge in [0.2, 0.25) is 0 Å². The van der Waals surface area contributed by atoms with Crippen molar-refractivity contribution in [1.29, 1.82) is 0 Å². The lowest BCUT2D eigenvalue weighted by Crippen LogP contribution is -2.24. The Kier molecular flexibility index (Phi) is 6.34. The maximum absolute atomic E-state index is 8.81. The van der Waals surface area contributed by atoms with Crippen molar-refractivity contribution in [3.8, 4) is 0 Å². The maximum Gasteiger partial charge on any atom is 0.0443 e. The van der Waals surface area contributed by atoms with Crippen LogP contribution in [0.4, 0.5) is 5.69 Å². The smallest absolute Gasteiger partial charge is 0.0443 e. The summed E-state index contributed by atoms with van der Waals surface area (Å²) in [6.45, 7) is 5.70. The zero-order valence-electron chi connectivity index (χ0n) is 12.6. The third-order valence-electron chi connectivity index (χ3n) is 4.15. The molecule has 1 saturated heterocycles. The Labute approximate surface area is 123 Å². The van der Waals surface area contributed by atoms with E-state index in [0.29, 0.717) is 6.04 Å². The molecule has 1 atom stereocenters. The molecule has 3 heteroatoms. The second-order valence-electron chi connectivity index (χ2n) is 5.75. The molecule has 20 heavy (non-hydrogen) atoms. The molecular weight excluding hydrogens is 248 g/mol. The zero-order valence-corrected chi connectivity index (χ0v) is 12.6. The van der Waals surface area contributed by atoms with Crippen LogP contribution in [0.25, 0.3) is 0 Å².